The average molecular weight is 298 g/mol. The Kier molecular flexibility index (Phi) is 4.47. The van der Waals surface area contributed by atoms with Gasteiger partial charge in [0.2, 0.25) is 0 Å². The maximum Gasteiger partial charge on any atom is 0.419 e. The Bertz CT molecular complexity index is 596. The van der Waals surface area contributed by atoms with E-state index >= 15 is 0 Å². The Balaban J connectivity index is 2.30. The van der Waals surface area contributed by atoms with Crippen LogP contribution in [0, 0.1) is 5.82 Å². The summed E-state index contributed by atoms with van der Waals surface area (Å²) < 4.78 is 51.5. The lowest BCUT2D eigenvalue weighted by Crippen LogP contribution is -2.21. The lowest BCUT2D eigenvalue weighted by Gasteiger charge is -2.20. The molecule has 0 aliphatic carbocycles. The van der Waals surface area contributed by atoms with E-state index in [2.05, 4.69) is 5.32 Å². The first kappa shape index (κ1) is 15.3. The first-order valence-electron chi connectivity index (χ1n) is 6.30. The van der Waals surface area contributed by atoms with Crippen LogP contribution in [0.1, 0.15) is 17.2 Å². The summed E-state index contributed by atoms with van der Waals surface area (Å²) >= 11 is 0. The number of hydrogen-bond donors (Lipinski definition) is 2. The van der Waals surface area contributed by atoms with Crippen LogP contribution in [-0.2, 0) is 6.18 Å². The summed E-state index contributed by atoms with van der Waals surface area (Å²) in [5.74, 6) is -1.29. The summed E-state index contributed by atoms with van der Waals surface area (Å²) in [6.45, 7) is 0.0812. The van der Waals surface area contributed by atoms with Gasteiger partial charge in [-0.05, 0) is 29.8 Å². The van der Waals surface area contributed by atoms with Crippen molar-refractivity contribution in [3.05, 3.63) is 65.5 Å². The average Bonchev–Trinajstić information content (AvgIpc) is 2.45. The number of benzene rings is 2. The van der Waals surface area contributed by atoms with Crippen LogP contribution in [0.25, 0.3) is 0 Å². The van der Waals surface area contributed by atoms with E-state index in [4.69, 9.17) is 5.73 Å². The number of nitrogens with one attached hydrogen (secondary N) is 1. The van der Waals surface area contributed by atoms with Gasteiger partial charge < -0.3 is 11.1 Å². The van der Waals surface area contributed by atoms with E-state index in [-0.39, 0.29) is 12.1 Å². The molecule has 2 aromatic rings. The second kappa shape index (κ2) is 6.13. The van der Waals surface area contributed by atoms with E-state index in [0.717, 1.165) is 17.8 Å². The van der Waals surface area contributed by atoms with E-state index in [0.29, 0.717) is 0 Å². The second-order valence-electron chi connectivity index (χ2n) is 4.54. The van der Waals surface area contributed by atoms with Gasteiger partial charge in [0, 0.05) is 12.2 Å². The van der Waals surface area contributed by atoms with Crippen LogP contribution >= 0.6 is 0 Å². The molecule has 112 valence electrons. The maximum atomic E-state index is 13.3. The number of hydrogen-bond acceptors (Lipinski definition) is 2. The van der Waals surface area contributed by atoms with E-state index in [1.165, 1.54) is 6.07 Å². The molecule has 0 saturated carbocycles. The molecule has 0 radical (unpaired) electrons. The van der Waals surface area contributed by atoms with Gasteiger partial charge in [-0.25, -0.2) is 4.39 Å². The molecule has 3 N–H and O–H groups in total. The molecule has 0 aliphatic heterocycles. The van der Waals surface area contributed by atoms with Crippen LogP contribution in [0.2, 0.25) is 0 Å². The lowest BCUT2D eigenvalue weighted by atomic mass is 10.0. The highest BCUT2D eigenvalue weighted by atomic mass is 19.4. The molecular weight excluding hydrogens is 284 g/mol. The third-order valence-electron chi connectivity index (χ3n) is 3.05. The molecule has 6 heteroatoms. The van der Waals surface area contributed by atoms with Crippen LogP contribution in [0.15, 0.2) is 48.5 Å². The van der Waals surface area contributed by atoms with Gasteiger partial charge in [-0.3, -0.25) is 0 Å². The Morgan fingerprint density at radius 1 is 1.05 bits per heavy atom. The number of anilines is 1. The van der Waals surface area contributed by atoms with Gasteiger partial charge in [0.05, 0.1) is 11.6 Å². The van der Waals surface area contributed by atoms with E-state index in [1.807, 2.05) is 6.07 Å². The van der Waals surface area contributed by atoms with E-state index < -0.39 is 23.6 Å². The fraction of sp³-hybridized carbons (Fsp3) is 0.200. The molecule has 1 unspecified atom stereocenters. The van der Waals surface area contributed by atoms with Crippen molar-refractivity contribution in [3.8, 4) is 0 Å². The molecule has 2 rings (SSSR count). The molecule has 1 atom stereocenters. The number of rotatable bonds is 4. The molecule has 0 saturated heterocycles. The standard InChI is InChI=1S/C15H14F4N2/c16-13-7-6-10(8-12(13)15(17,18)19)14(9-20)21-11-4-2-1-3-5-11/h1-8,14,21H,9,20H2. The predicted molar refractivity (Wildman–Crippen MR) is 73.3 cm³/mol. The third kappa shape index (κ3) is 3.72. The Labute approximate surface area is 119 Å². The molecule has 0 aliphatic rings. The zero-order valence-electron chi connectivity index (χ0n) is 11.0. The smallest absolute Gasteiger partial charge is 0.377 e. The van der Waals surface area contributed by atoms with Crippen LogP contribution in [0.5, 0.6) is 0 Å². The molecule has 2 nitrogen and oxygen atoms in total. The van der Waals surface area contributed by atoms with Crippen molar-refractivity contribution < 1.29 is 17.6 Å². The highest BCUT2D eigenvalue weighted by molar-refractivity contribution is 5.46. The zero-order valence-corrected chi connectivity index (χ0v) is 11.0. The van der Waals surface area contributed by atoms with Crippen molar-refractivity contribution in [1.82, 2.24) is 0 Å². The molecule has 0 fully saturated rings. The normalized spacial score (nSPS) is 13.0. The molecule has 21 heavy (non-hydrogen) atoms. The highest BCUT2D eigenvalue weighted by Gasteiger charge is 2.34. The van der Waals surface area contributed by atoms with Crippen molar-refractivity contribution in [2.24, 2.45) is 5.73 Å². The van der Waals surface area contributed by atoms with Crippen molar-refractivity contribution in [2.45, 2.75) is 12.2 Å². The molecule has 2 aromatic carbocycles. The van der Waals surface area contributed by atoms with Crippen LogP contribution in [-0.4, -0.2) is 6.54 Å². The molecular formula is C15H14F4N2. The van der Waals surface area contributed by atoms with Gasteiger partial charge >= 0.3 is 6.18 Å². The number of nitrogens with two attached hydrogens (primary N) is 1. The monoisotopic (exact) mass is 298 g/mol. The zero-order chi connectivity index (χ0) is 15.5. The van der Waals surface area contributed by atoms with E-state index in [1.54, 1.807) is 24.3 Å². The summed E-state index contributed by atoms with van der Waals surface area (Å²) in [5, 5.41) is 3.03. The first-order valence-corrected chi connectivity index (χ1v) is 6.30. The van der Waals surface area contributed by atoms with Crippen LogP contribution in [0.3, 0.4) is 0 Å². The van der Waals surface area contributed by atoms with Crippen LogP contribution in [0.4, 0.5) is 23.2 Å². The van der Waals surface area contributed by atoms with E-state index in [9.17, 15) is 17.6 Å². The quantitative estimate of drug-likeness (QED) is 0.839. The van der Waals surface area contributed by atoms with Gasteiger partial charge in [0.15, 0.2) is 0 Å². The summed E-state index contributed by atoms with van der Waals surface area (Å²) in [7, 11) is 0. The minimum atomic E-state index is -4.73. The molecule has 0 heterocycles. The third-order valence-corrected chi connectivity index (χ3v) is 3.05. The second-order valence-corrected chi connectivity index (χ2v) is 4.54. The summed E-state index contributed by atoms with van der Waals surface area (Å²) in [6.07, 6.45) is -4.73. The molecule has 0 amide bonds. The molecule has 0 spiro atoms. The van der Waals surface area contributed by atoms with Gasteiger partial charge in [-0.1, -0.05) is 24.3 Å². The topological polar surface area (TPSA) is 38.0 Å². The van der Waals surface area contributed by atoms with Crippen molar-refractivity contribution in [2.75, 3.05) is 11.9 Å². The lowest BCUT2D eigenvalue weighted by molar-refractivity contribution is -0.140. The van der Waals surface area contributed by atoms with Crippen molar-refractivity contribution in [3.63, 3.8) is 0 Å². The Morgan fingerprint density at radius 3 is 2.29 bits per heavy atom. The summed E-state index contributed by atoms with van der Waals surface area (Å²) in [5.41, 5.74) is 5.34. The first-order chi connectivity index (χ1) is 9.91. The fourth-order valence-corrected chi connectivity index (χ4v) is 1.99. The minimum absolute atomic E-state index is 0.0812. The van der Waals surface area contributed by atoms with Gasteiger partial charge in [-0.2, -0.15) is 13.2 Å². The fourth-order valence-electron chi connectivity index (χ4n) is 1.99. The Morgan fingerprint density at radius 2 is 1.71 bits per heavy atom. The number of alkyl halides is 3. The van der Waals surface area contributed by atoms with Crippen LogP contribution < -0.4 is 11.1 Å². The number of para-hydroxylation sites is 1. The molecule has 0 aromatic heterocycles. The highest BCUT2D eigenvalue weighted by Crippen LogP contribution is 2.33. The number of halogens is 4. The SMILES string of the molecule is NCC(Nc1ccccc1)c1ccc(F)c(C(F)(F)F)c1. The van der Waals surface area contributed by atoms with Gasteiger partial charge in [0.1, 0.15) is 5.82 Å². The maximum absolute atomic E-state index is 13.3. The largest absolute Gasteiger partial charge is 0.419 e. The summed E-state index contributed by atoms with van der Waals surface area (Å²) in [6, 6.07) is 11.3. The van der Waals surface area contributed by atoms with Gasteiger partial charge in [-0.15, -0.1) is 0 Å². The predicted octanol–water partition coefficient (Wildman–Crippen LogP) is 3.96. The summed E-state index contributed by atoms with van der Waals surface area (Å²) in [4.78, 5) is 0. The van der Waals surface area contributed by atoms with Gasteiger partial charge in [0.25, 0.3) is 0 Å². The minimum Gasteiger partial charge on any atom is -0.377 e. The van der Waals surface area contributed by atoms with Crippen molar-refractivity contribution in [1.29, 1.82) is 0 Å². The molecule has 0 bridgehead atoms. The van der Waals surface area contributed by atoms with Crippen molar-refractivity contribution >= 4 is 5.69 Å². The Hall–Kier alpha value is -2.08.